The third-order valence-electron chi connectivity index (χ3n) is 2.44. The van der Waals surface area contributed by atoms with Crippen LogP contribution in [0.25, 0.3) is 0 Å². The maximum Gasteiger partial charge on any atom is 0.221 e. The van der Waals surface area contributed by atoms with Crippen molar-refractivity contribution in [2.24, 2.45) is 5.92 Å². The molecule has 1 aliphatic carbocycles. The largest absolute Gasteiger partial charge is 0.359 e. The van der Waals surface area contributed by atoms with Crippen LogP contribution < -0.4 is 10.6 Å². The van der Waals surface area contributed by atoms with Crippen molar-refractivity contribution in [1.29, 1.82) is 0 Å². The number of carbonyl (C=O) groups is 1. The van der Waals surface area contributed by atoms with Crippen LogP contribution in [-0.2, 0) is 4.79 Å². The predicted octanol–water partition coefficient (Wildman–Crippen LogP) is 0.511. The Bertz CT molecular complexity index is 153. The molecule has 1 rings (SSSR count). The standard InChI is InChI=1S/C9H18N2O/c1-7-5-8(6-7)11-4-3-9(12)10-2/h7-8,11H,3-6H2,1-2H3,(H,10,12). The molecule has 0 spiro atoms. The first-order valence-corrected chi connectivity index (χ1v) is 4.66. The number of rotatable bonds is 4. The Kier molecular flexibility index (Phi) is 3.53. The summed E-state index contributed by atoms with van der Waals surface area (Å²) in [6.07, 6.45) is 3.14. The zero-order valence-electron chi connectivity index (χ0n) is 7.89. The maximum atomic E-state index is 10.8. The summed E-state index contributed by atoms with van der Waals surface area (Å²) in [7, 11) is 1.67. The van der Waals surface area contributed by atoms with Crippen LogP contribution in [0, 0.1) is 5.92 Å². The van der Waals surface area contributed by atoms with Gasteiger partial charge in [0.1, 0.15) is 0 Å². The zero-order valence-corrected chi connectivity index (χ0v) is 7.89. The first-order chi connectivity index (χ1) is 5.72. The van der Waals surface area contributed by atoms with E-state index in [1.165, 1.54) is 12.8 Å². The van der Waals surface area contributed by atoms with E-state index in [9.17, 15) is 4.79 Å². The van der Waals surface area contributed by atoms with Gasteiger partial charge in [-0.25, -0.2) is 0 Å². The Morgan fingerprint density at radius 3 is 2.67 bits per heavy atom. The lowest BCUT2D eigenvalue weighted by Gasteiger charge is -2.33. The van der Waals surface area contributed by atoms with Gasteiger partial charge in [-0.2, -0.15) is 0 Å². The second-order valence-corrected chi connectivity index (χ2v) is 3.65. The van der Waals surface area contributed by atoms with Crippen molar-refractivity contribution in [2.45, 2.75) is 32.2 Å². The Morgan fingerprint density at radius 2 is 2.17 bits per heavy atom. The Hall–Kier alpha value is -0.570. The minimum Gasteiger partial charge on any atom is -0.359 e. The molecule has 0 saturated heterocycles. The highest BCUT2D eigenvalue weighted by atomic mass is 16.1. The predicted molar refractivity (Wildman–Crippen MR) is 48.9 cm³/mol. The van der Waals surface area contributed by atoms with Gasteiger partial charge in [-0.05, 0) is 18.8 Å². The topological polar surface area (TPSA) is 41.1 Å². The van der Waals surface area contributed by atoms with Crippen LogP contribution in [0.2, 0.25) is 0 Å². The van der Waals surface area contributed by atoms with E-state index in [0.29, 0.717) is 12.5 Å². The highest BCUT2D eigenvalue weighted by molar-refractivity contribution is 5.75. The van der Waals surface area contributed by atoms with Gasteiger partial charge in [0.2, 0.25) is 5.91 Å². The van der Waals surface area contributed by atoms with Crippen molar-refractivity contribution in [1.82, 2.24) is 10.6 Å². The summed E-state index contributed by atoms with van der Waals surface area (Å²) in [5.41, 5.74) is 0. The van der Waals surface area contributed by atoms with Gasteiger partial charge in [-0.15, -0.1) is 0 Å². The summed E-state index contributed by atoms with van der Waals surface area (Å²) in [5, 5.41) is 5.96. The quantitative estimate of drug-likeness (QED) is 0.645. The molecule has 0 unspecified atom stereocenters. The van der Waals surface area contributed by atoms with Crippen molar-refractivity contribution in [3.63, 3.8) is 0 Å². The number of hydrogen-bond donors (Lipinski definition) is 2. The van der Waals surface area contributed by atoms with E-state index >= 15 is 0 Å². The average molecular weight is 170 g/mol. The molecule has 70 valence electrons. The molecule has 2 N–H and O–H groups in total. The average Bonchev–Trinajstić information content (AvgIpc) is 2.01. The third-order valence-corrected chi connectivity index (χ3v) is 2.44. The van der Waals surface area contributed by atoms with E-state index in [-0.39, 0.29) is 5.91 Å². The van der Waals surface area contributed by atoms with Crippen molar-refractivity contribution in [3.05, 3.63) is 0 Å². The van der Waals surface area contributed by atoms with E-state index in [4.69, 9.17) is 0 Å². The van der Waals surface area contributed by atoms with Crippen molar-refractivity contribution >= 4 is 5.91 Å². The van der Waals surface area contributed by atoms with Crippen LogP contribution >= 0.6 is 0 Å². The first-order valence-electron chi connectivity index (χ1n) is 4.66. The van der Waals surface area contributed by atoms with Crippen LogP contribution in [0.3, 0.4) is 0 Å². The summed E-state index contributed by atoms with van der Waals surface area (Å²) in [6, 6.07) is 0.671. The molecule has 0 aromatic carbocycles. The summed E-state index contributed by atoms with van der Waals surface area (Å²) < 4.78 is 0. The zero-order chi connectivity index (χ0) is 8.97. The molecule has 0 heterocycles. The number of carbonyl (C=O) groups excluding carboxylic acids is 1. The molecule has 0 aliphatic heterocycles. The minimum absolute atomic E-state index is 0.120. The maximum absolute atomic E-state index is 10.8. The van der Waals surface area contributed by atoms with Crippen molar-refractivity contribution in [2.75, 3.05) is 13.6 Å². The molecule has 0 atom stereocenters. The number of nitrogens with one attached hydrogen (secondary N) is 2. The lowest BCUT2D eigenvalue weighted by Crippen LogP contribution is -2.41. The van der Waals surface area contributed by atoms with Gasteiger partial charge >= 0.3 is 0 Å². The molecule has 1 saturated carbocycles. The van der Waals surface area contributed by atoms with Gasteiger partial charge in [-0.3, -0.25) is 4.79 Å². The van der Waals surface area contributed by atoms with Crippen LogP contribution in [0.4, 0.5) is 0 Å². The van der Waals surface area contributed by atoms with Crippen LogP contribution in [-0.4, -0.2) is 25.5 Å². The lowest BCUT2D eigenvalue weighted by atomic mass is 9.82. The van der Waals surface area contributed by atoms with Crippen molar-refractivity contribution < 1.29 is 4.79 Å². The van der Waals surface area contributed by atoms with Crippen LogP contribution in [0.5, 0.6) is 0 Å². The summed E-state index contributed by atoms with van der Waals surface area (Å²) in [6.45, 7) is 3.08. The summed E-state index contributed by atoms with van der Waals surface area (Å²) in [5.74, 6) is 0.998. The highest BCUT2D eigenvalue weighted by Gasteiger charge is 2.24. The fourth-order valence-corrected chi connectivity index (χ4v) is 1.58. The lowest BCUT2D eigenvalue weighted by molar-refractivity contribution is -0.120. The van der Waals surface area contributed by atoms with E-state index in [2.05, 4.69) is 17.6 Å². The minimum atomic E-state index is 0.120. The molecule has 3 nitrogen and oxygen atoms in total. The smallest absolute Gasteiger partial charge is 0.221 e. The summed E-state index contributed by atoms with van der Waals surface area (Å²) >= 11 is 0. The van der Waals surface area contributed by atoms with Gasteiger partial charge in [0.25, 0.3) is 0 Å². The molecule has 0 radical (unpaired) electrons. The Morgan fingerprint density at radius 1 is 1.50 bits per heavy atom. The van der Waals surface area contributed by atoms with E-state index in [1.807, 2.05) is 0 Å². The van der Waals surface area contributed by atoms with E-state index in [0.717, 1.165) is 12.5 Å². The summed E-state index contributed by atoms with van der Waals surface area (Å²) in [4.78, 5) is 10.8. The van der Waals surface area contributed by atoms with Gasteiger partial charge in [-0.1, -0.05) is 6.92 Å². The van der Waals surface area contributed by atoms with Crippen molar-refractivity contribution in [3.8, 4) is 0 Å². The highest BCUT2D eigenvalue weighted by Crippen LogP contribution is 2.25. The molecular formula is C9H18N2O. The van der Waals surface area contributed by atoms with Gasteiger partial charge in [0.05, 0.1) is 0 Å². The third kappa shape index (κ3) is 2.81. The van der Waals surface area contributed by atoms with Gasteiger partial charge < -0.3 is 10.6 Å². The molecule has 12 heavy (non-hydrogen) atoms. The fraction of sp³-hybridized carbons (Fsp3) is 0.889. The molecule has 1 amide bonds. The Balaban J connectivity index is 1.93. The van der Waals surface area contributed by atoms with E-state index in [1.54, 1.807) is 7.05 Å². The molecule has 1 fully saturated rings. The number of amides is 1. The molecule has 0 aromatic rings. The number of hydrogen-bond acceptors (Lipinski definition) is 2. The first kappa shape index (κ1) is 9.52. The van der Waals surface area contributed by atoms with Gasteiger partial charge in [0, 0.05) is 26.1 Å². The van der Waals surface area contributed by atoms with E-state index < -0.39 is 0 Å². The molecule has 3 heteroatoms. The second-order valence-electron chi connectivity index (χ2n) is 3.65. The van der Waals surface area contributed by atoms with Gasteiger partial charge in [0.15, 0.2) is 0 Å². The SMILES string of the molecule is CNC(=O)CCNC1CC(C)C1. The molecule has 1 aliphatic rings. The van der Waals surface area contributed by atoms with Crippen LogP contribution in [0.15, 0.2) is 0 Å². The van der Waals surface area contributed by atoms with Crippen LogP contribution in [0.1, 0.15) is 26.2 Å². The normalized spacial score (nSPS) is 27.8. The molecular weight excluding hydrogens is 152 g/mol. The second kappa shape index (κ2) is 4.45. The monoisotopic (exact) mass is 170 g/mol. The Labute approximate surface area is 73.9 Å². The molecule has 0 aromatic heterocycles. The molecule has 0 bridgehead atoms. The fourth-order valence-electron chi connectivity index (χ4n) is 1.58.